The molecule has 0 N–H and O–H groups in total. The molecule has 1 atom stereocenters. The molecule has 2 aliphatic rings. The first kappa shape index (κ1) is 8.52. The van der Waals surface area contributed by atoms with Crippen LogP contribution in [0.5, 0.6) is 0 Å². The maximum Gasteiger partial charge on any atom is 0.0605 e. The Morgan fingerprint density at radius 2 is 1.67 bits per heavy atom. The van der Waals surface area contributed by atoms with E-state index >= 15 is 0 Å². The van der Waals surface area contributed by atoms with Gasteiger partial charge in [-0.1, -0.05) is 0 Å². The quantitative estimate of drug-likeness (QED) is 0.599. The number of rotatable bonds is 1. The Hall–Kier alpha value is -0.0800. The van der Waals surface area contributed by atoms with Gasteiger partial charge in [0.15, 0.2) is 0 Å². The predicted molar refractivity (Wildman–Crippen MR) is 47.1 cm³/mol. The molecule has 2 heterocycles. The number of hydrogen-bond acceptors (Lipinski definition) is 2. The van der Waals surface area contributed by atoms with Crippen LogP contribution >= 0.6 is 0 Å². The summed E-state index contributed by atoms with van der Waals surface area (Å²) in [7, 11) is 0. The van der Waals surface area contributed by atoms with Crippen molar-refractivity contribution in [2.75, 3.05) is 19.8 Å². The van der Waals surface area contributed by atoms with Crippen LogP contribution in [0.4, 0.5) is 0 Å². The highest BCUT2D eigenvalue weighted by atomic mass is 16.5. The van der Waals surface area contributed by atoms with Crippen LogP contribution in [-0.2, 0) is 9.47 Å². The van der Waals surface area contributed by atoms with Crippen LogP contribution in [0.25, 0.3) is 0 Å². The normalized spacial score (nSPS) is 33.5. The van der Waals surface area contributed by atoms with E-state index in [1.165, 1.54) is 32.1 Å². The Bertz CT molecular complexity index is 108. The Labute approximate surface area is 74.2 Å². The van der Waals surface area contributed by atoms with Crippen molar-refractivity contribution in [2.45, 2.75) is 38.2 Å². The van der Waals surface area contributed by atoms with Crippen molar-refractivity contribution in [1.82, 2.24) is 0 Å². The molecule has 0 aromatic carbocycles. The molecule has 70 valence electrons. The van der Waals surface area contributed by atoms with Gasteiger partial charge in [-0.15, -0.1) is 0 Å². The van der Waals surface area contributed by atoms with Gasteiger partial charge in [-0.3, -0.25) is 0 Å². The van der Waals surface area contributed by atoms with Crippen LogP contribution in [0.1, 0.15) is 32.1 Å². The maximum atomic E-state index is 5.76. The number of hydrogen-bond donors (Lipinski definition) is 0. The molecular weight excluding hydrogens is 152 g/mol. The first-order valence-electron chi connectivity index (χ1n) is 5.16. The third-order valence-electron chi connectivity index (χ3n) is 3.01. The summed E-state index contributed by atoms with van der Waals surface area (Å²) in [5.41, 5.74) is 0. The fraction of sp³-hybridized carbons (Fsp3) is 1.00. The predicted octanol–water partition coefficient (Wildman–Crippen LogP) is 1.98. The molecule has 2 heteroatoms. The molecule has 12 heavy (non-hydrogen) atoms. The van der Waals surface area contributed by atoms with Crippen LogP contribution in [0, 0.1) is 5.92 Å². The zero-order valence-electron chi connectivity index (χ0n) is 7.63. The summed E-state index contributed by atoms with van der Waals surface area (Å²) in [6, 6.07) is 0. The summed E-state index contributed by atoms with van der Waals surface area (Å²) in [5, 5.41) is 0. The number of ether oxygens (including phenoxy) is 2. The van der Waals surface area contributed by atoms with E-state index in [0.29, 0.717) is 6.10 Å². The molecular formula is C10H18O2. The van der Waals surface area contributed by atoms with Gasteiger partial charge in [0.1, 0.15) is 0 Å². The molecule has 2 fully saturated rings. The molecule has 0 radical (unpaired) electrons. The molecule has 0 saturated carbocycles. The average Bonchev–Trinajstić information content (AvgIpc) is 2.21. The van der Waals surface area contributed by atoms with Gasteiger partial charge >= 0.3 is 0 Å². The second-order valence-corrected chi connectivity index (χ2v) is 3.85. The lowest BCUT2D eigenvalue weighted by Crippen LogP contribution is -2.32. The lowest BCUT2D eigenvalue weighted by atomic mass is 9.89. The molecule has 0 aliphatic carbocycles. The van der Waals surface area contributed by atoms with Gasteiger partial charge in [0.05, 0.1) is 6.10 Å². The summed E-state index contributed by atoms with van der Waals surface area (Å²) in [6.07, 6.45) is 6.89. The molecule has 2 nitrogen and oxygen atoms in total. The zero-order valence-corrected chi connectivity index (χ0v) is 7.63. The van der Waals surface area contributed by atoms with Crippen molar-refractivity contribution in [1.29, 1.82) is 0 Å². The van der Waals surface area contributed by atoms with E-state index in [-0.39, 0.29) is 0 Å². The van der Waals surface area contributed by atoms with Gasteiger partial charge in [-0.25, -0.2) is 0 Å². The van der Waals surface area contributed by atoms with Gasteiger partial charge in [0, 0.05) is 19.8 Å². The summed E-state index contributed by atoms with van der Waals surface area (Å²) in [4.78, 5) is 0. The standard InChI is InChI=1S/C10H18O2/c1-2-6-12-10(3-1)9-4-7-11-8-5-9/h9-10H,1-8H2/t10-/m1/s1. The first-order chi connectivity index (χ1) is 5.97. The smallest absolute Gasteiger partial charge is 0.0605 e. The van der Waals surface area contributed by atoms with Crippen LogP contribution in [-0.4, -0.2) is 25.9 Å². The molecule has 2 saturated heterocycles. The van der Waals surface area contributed by atoms with Crippen LogP contribution < -0.4 is 0 Å². The lowest BCUT2D eigenvalue weighted by molar-refractivity contribution is -0.0555. The van der Waals surface area contributed by atoms with Crippen LogP contribution in [0.15, 0.2) is 0 Å². The zero-order chi connectivity index (χ0) is 8.23. The molecule has 0 aromatic heterocycles. The molecule has 2 rings (SSSR count). The van der Waals surface area contributed by atoms with Gasteiger partial charge in [-0.05, 0) is 38.0 Å². The molecule has 0 unspecified atom stereocenters. The van der Waals surface area contributed by atoms with E-state index in [9.17, 15) is 0 Å². The molecule has 0 aromatic rings. The van der Waals surface area contributed by atoms with E-state index in [1.807, 2.05) is 0 Å². The van der Waals surface area contributed by atoms with E-state index in [0.717, 1.165) is 25.7 Å². The third kappa shape index (κ3) is 1.99. The van der Waals surface area contributed by atoms with Crippen molar-refractivity contribution in [3.05, 3.63) is 0 Å². The van der Waals surface area contributed by atoms with Crippen molar-refractivity contribution in [3.8, 4) is 0 Å². The van der Waals surface area contributed by atoms with E-state index in [1.54, 1.807) is 0 Å². The maximum absolute atomic E-state index is 5.76. The van der Waals surface area contributed by atoms with Gasteiger partial charge < -0.3 is 9.47 Å². The third-order valence-corrected chi connectivity index (χ3v) is 3.01. The largest absolute Gasteiger partial charge is 0.381 e. The molecule has 0 spiro atoms. The van der Waals surface area contributed by atoms with Gasteiger partial charge in [-0.2, -0.15) is 0 Å². The lowest BCUT2D eigenvalue weighted by Gasteiger charge is -2.32. The Morgan fingerprint density at radius 3 is 2.33 bits per heavy atom. The summed E-state index contributed by atoms with van der Waals surface area (Å²) in [5.74, 6) is 0.791. The minimum Gasteiger partial charge on any atom is -0.381 e. The highest BCUT2D eigenvalue weighted by molar-refractivity contribution is 4.75. The molecule has 0 amide bonds. The van der Waals surface area contributed by atoms with Crippen LogP contribution in [0.3, 0.4) is 0 Å². The van der Waals surface area contributed by atoms with E-state index < -0.39 is 0 Å². The molecule has 0 bridgehead atoms. The fourth-order valence-corrected chi connectivity index (χ4v) is 2.23. The van der Waals surface area contributed by atoms with Crippen LogP contribution in [0.2, 0.25) is 0 Å². The van der Waals surface area contributed by atoms with Crippen molar-refractivity contribution < 1.29 is 9.47 Å². The second-order valence-electron chi connectivity index (χ2n) is 3.85. The van der Waals surface area contributed by atoms with E-state index in [2.05, 4.69) is 0 Å². The summed E-state index contributed by atoms with van der Waals surface area (Å²) >= 11 is 0. The highest BCUT2D eigenvalue weighted by Gasteiger charge is 2.25. The summed E-state index contributed by atoms with van der Waals surface area (Å²) in [6.45, 7) is 2.89. The topological polar surface area (TPSA) is 18.5 Å². The summed E-state index contributed by atoms with van der Waals surface area (Å²) < 4.78 is 11.1. The molecule has 2 aliphatic heterocycles. The highest BCUT2D eigenvalue weighted by Crippen LogP contribution is 2.27. The fourth-order valence-electron chi connectivity index (χ4n) is 2.23. The first-order valence-corrected chi connectivity index (χ1v) is 5.16. The monoisotopic (exact) mass is 170 g/mol. The van der Waals surface area contributed by atoms with Crippen molar-refractivity contribution >= 4 is 0 Å². The Morgan fingerprint density at radius 1 is 0.833 bits per heavy atom. The van der Waals surface area contributed by atoms with Crippen molar-refractivity contribution in [2.24, 2.45) is 5.92 Å². The Kier molecular flexibility index (Phi) is 3.01. The second kappa shape index (κ2) is 4.24. The van der Waals surface area contributed by atoms with E-state index in [4.69, 9.17) is 9.47 Å². The average molecular weight is 170 g/mol. The minimum absolute atomic E-state index is 0.558. The van der Waals surface area contributed by atoms with Gasteiger partial charge in [0.2, 0.25) is 0 Å². The Balaban J connectivity index is 1.80. The van der Waals surface area contributed by atoms with Gasteiger partial charge in [0.25, 0.3) is 0 Å². The SMILES string of the molecule is C1CC[C@H](C2CCOCC2)OC1. The van der Waals surface area contributed by atoms with Crippen molar-refractivity contribution in [3.63, 3.8) is 0 Å². The minimum atomic E-state index is 0.558.